The molecule has 0 aromatic carbocycles. The van der Waals surface area contributed by atoms with Crippen LogP contribution in [-0.4, -0.2) is 75.6 Å². The van der Waals surface area contributed by atoms with Crippen molar-refractivity contribution < 1.29 is 37.3 Å². The van der Waals surface area contributed by atoms with Gasteiger partial charge in [-0.2, -0.15) is 0 Å². The zero-order chi connectivity index (χ0) is 47.6. The maximum atomic E-state index is 12.8. The zero-order valence-corrected chi connectivity index (χ0v) is 44.4. The molecule has 1 N–H and O–H groups in total. The maximum Gasteiger partial charge on any atom is 0.472 e. The monoisotopic (exact) mass is 937 g/mol. The number of phosphoric acid groups is 1. The first-order chi connectivity index (χ1) is 31.6. The summed E-state index contributed by atoms with van der Waals surface area (Å²) in [5.41, 5.74) is 0. The molecule has 382 valence electrons. The Bertz CT molecular complexity index is 1180. The molecule has 0 fully saturated rings. The number of esters is 1. The Morgan fingerprint density at radius 1 is 0.477 bits per heavy atom. The van der Waals surface area contributed by atoms with Gasteiger partial charge in [-0.25, -0.2) is 4.57 Å². The van der Waals surface area contributed by atoms with Gasteiger partial charge in [0.1, 0.15) is 19.3 Å². The van der Waals surface area contributed by atoms with E-state index in [0.29, 0.717) is 24.1 Å². The number of likely N-dealkylation sites (N-methyl/N-ethyl adjacent to an activating group) is 1. The van der Waals surface area contributed by atoms with Crippen molar-refractivity contribution in [3.05, 3.63) is 48.6 Å². The van der Waals surface area contributed by atoms with Gasteiger partial charge < -0.3 is 18.9 Å². The van der Waals surface area contributed by atoms with Crippen LogP contribution < -0.4 is 0 Å². The number of unbranched alkanes of at least 4 members (excludes halogenated alkanes) is 29. The molecule has 0 saturated carbocycles. The third kappa shape index (κ3) is 53.3. The SMILES string of the molecule is CCCCCCC/C=C\C/C=C\C/C=C\CCCCCCCCCCC(=O)OC(COCCCCCCCCCCCC/C=C\CCCCCCCC)COP(=O)(O)OCC[N+](C)(C)C. The first-order valence-corrected chi connectivity index (χ1v) is 28.9. The lowest BCUT2D eigenvalue weighted by Crippen LogP contribution is -2.37. The van der Waals surface area contributed by atoms with Gasteiger partial charge in [0.2, 0.25) is 0 Å². The molecule has 0 heterocycles. The van der Waals surface area contributed by atoms with Crippen molar-refractivity contribution >= 4 is 13.8 Å². The number of hydrogen-bond donors (Lipinski definition) is 1. The van der Waals surface area contributed by atoms with E-state index >= 15 is 0 Å². The summed E-state index contributed by atoms with van der Waals surface area (Å²) >= 11 is 0. The number of hydrogen-bond acceptors (Lipinski definition) is 6. The van der Waals surface area contributed by atoms with E-state index in [-0.39, 0.29) is 25.8 Å². The molecule has 0 aliphatic heterocycles. The number of carbonyl (C=O) groups is 1. The number of carbonyl (C=O) groups excluding carboxylic acids is 1. The summed E-state index contributed by atoms with van der Waals surface area (Å²) in [6.45, 7) is 5.63. The highest BCUT2D eigenvalue weighted by molar-refractivity contribution is 7.47. The molecule has 0 spiro atoms. The van der Waals surface area contributed by atoms with Crippen molar-refractivity contribution in [3.63, 3.8) is 0 Å². The van der Waals surface area contributed by atoms with E-state index in [0.717, 1.165) is 51.4 Å². The van der Waals surface area contributed by atoms with E-state index in [4.69, 9.17) is 18.5 Å². The maximum absolute atomic E-state index is 12.8. The minimum absolute atomic E-state index is 0.0861. The Kier molecular flexibility index (Phi) is 47.7. The molecule has 0 aromatic rings. The number of allylic oxidation sites excluding steroid dienone is 8. The van der Waals surface area contributed by atoms with Gasteiger partial charge in [-0.15, -0.1) is 0 Å². The molecule has 0 radical (unpaired) electrons. The van der Waals surface area contributed by atoms with Crippen molar-refractivity contribution in [1.82, 2.24) is 0 Å². The number of quaternary nitrogens is 1. The topological polar surface area (TPSA) is 91.3 Å². The quantitative estimate of drug-likeness (QED) is 0.0214. The Balaban J connectivity index is 4.13. The molecule has 0 saturated heterocycles. The minimum atomic E-state index is -4.29. The second-order valence-electron chi connectivity index (χ2n) is 19.6. The molecule has 0 aromatic heterocycles. The summed E-state index contributed by atoms with van der Waals surface area (Å²) in [5, 5.41) is 0. The van der Waals surface area contributed by atoms with Crippen LogP contribution in [0.2, 0.25) is 0 Å². The Morgan fingerprint density at radius 3 is 1.28 bits per heavy atom. The van der Waals surface area contributed by atoms with Crippen LogP contribution in [0, 0.1) is 0 Å². The van der Waals surface area contributed by atoms with Crippen LogP contribution in [0.5, 0.6) is 0 Å². The smallest absolute Gasteiger partial charge is 0.457 e. The minimum Gasteiger partial charge on any atom is -0.457 e. The highest BCUT2D eigenvalue weighted by Gasteiger charge is 2.26. The third-order valence-electron chi connectivity index (χ3n) is 11.9. The highest BCUT2D eigenvalue weighted by Crippen LogP contribution is 2.43. The van der Waals surface area contributed by atoms with Gasteiger partial charge in [-0.3, -0.25) is 13.8 Å². The lowest BCUT2D eigenvalue weighted by molar-refractivity contribution is -0.870. The molecule has 0 aliphatic carbocycles. The van der Waals surface area contributed by atoms with Gasteiger partial charge in [0.05, 0.1) is 34.4 Å². The van der Waals surface area contributed by atoms with E-state index in [1.807, 2.05) is 21.1 Å². The summed E-state index contributed by atoms with van der Waals surface area (Å²) in [6, 6.07) is 0. The van der Waals surface area contributed by atoms with Gasteiger partial charge in [0, 0.05) is 13.0 Å². The summed E-state index contributed by atoms with van der Waals surface area (Å²) < 4.78 is 35.2. The molecule has 2 unspecified atom stereocenters. The molecule has 0 bridgehead atoms. The average molecular weight is 937 g/mol. The standard InChI is InChI=1S/C56H106NO7P/c1-6-8-10-12-14-16-18-20-22-24-26-28-29-30-31-33-35-37-39-41-43-45-47-49-56(58)64-55(54-63-65(59,60)62-52-50-57(3,4)5)53-61-51-48-46-44-42-40-38-36-34-32-27-25-23-21-19-17-15-13-11-9-7-2/h18,20-21,23-24,26,29-30,55H,6-17,19,22,25,27-28,31-54H2,1-5H3/p+1/b20-18-,23-21-,26-24-,30-29-. The van der Waals surface area contributed by atoms with E-state index in [9.17, 15) is 14.3 Å². The lowest BCUT2D eigenvalue weighted by atomic mass is 10.1. The van der Waals surface area contributed by atoms with Crippen LogP contribution in [0.3, 0.4) is 0 Å². The van der Waals surface area contributed by atoms with Crippen LogP contribution in [0.25, 0.3) is 0 Å². The average Bonchev–Trinajstić information content (AvgIpc) is 3.27. The van der Waals surface area contributed by atoms with Crippen LogP contribution in [0.4, 0.5) is 0 Å². The normalized spacial score (nSPS) is 13.9. The van der Waals surface area contributed by atoms with Gasteiger partial charge in [0.25, 0.3) is 0 Å². The van der Waals surface area contributed by atoms with E-state index < -0.39 is 13.9 Å². The third-order valence-corrected chi connectivity index (χ3v) is 12.8. The van der Waals surface area contributed by atoms with Gasteiger partial charge in [-0.05, 0) is 77.0 Å². The highest BCUT2D eigenvalue weighted by atomic mass is 31.2. The van der Waals surface area contributed by atoms with Gasteiger partial charge in [0.15, 0.2) is 0 Å². The molecular formula is C56H107NO7P+. The fourth-order valence-corrected chi connectivity index (χ4v) is 8.36. The molecule has 2 atom stereocenters. The number of ether oxygens (including phenoxy) is 2. The number of nitrogens with zero attached hydrogens (tertiary/aromatic N) is 1. The van der Waals surface area contributed by atoms with Gasteiger partial charge in [-0.1, -0.05) is 210 Å². The van der Waals surface area contributed by atoms with Crippen LogP contribution >= 0.6 is 7.82 Å². The predicted octanol–water partition coefficient (Wildman–Crippen LogP) is 17.1. The Hall–Kier alpha value is -1.54. The summed E-state index contributed by atoms with van der Waals surface area (Å²) in [7, 11) is 1.66. The van der Waals surface area contributed by atoms with Gasteiger partial charge >= 0.3 is 13.8 Å². The van der Waals surface area contributed by atoms with Crippen molar-refractivity contribution in [3.8, 4) is 0 Å². The first kappa shape index (κ1) is 63.5. The summed E-state index contributed by atoms with van der Waals surface area (Å²) in [5.74, 6) is -0.319. The lowest BCUT2D eigenvalue weighted by Gasteiger charge is -2.24. The summed E-state index contributed by atoms with van der Waals surface area (Å²) in [6.07, 6.45) is 61.6. The molecule has 9 heteroatoms. The molecule has 0 amide bonds. The van der Waals surface area contributed by atoms with E-state index in [1.54, 1.807) is 0 Å². The predicted molar refractivity (Wildman–Crippen MR) is 279 cm³/mol. The zero-order valence-electron chi connectivity index (χ0n) is 43.5. The molecule has 8 nitrogen and oxygen atoms in total. The number of phosphoric ester groups is 1. The molecule has 0 aliphatic rings. The van der Waals surface area contributed by atoms with Crippen molar-refractivity contribution in [2.75, 3.05) is 54.1 Å². The number of rotatable bonds is 51. The largest absolute Gasteiger partial charge is 0.472 e. The summed E-state index contributed by atoms with van der Waals surface area (Å²) in [4.78, 5) is 23.0. The van der Waals surface area contributed by atoms with Crippen molar-refractivity contribution in [2.24, 2.45) is 0 Å². The second kappa shape index (κ2) is 48.9. The molecule has 65 heavy (non-hydrogen) atoms. The van der Waals surface area contributed by atoms with E-state index in [2.05, 4.69) is 62.5 Å². The van der Waals surface area contributed by atoms with Crippen LogP contribution in [0.15, 0.2) is 48.6 Å². The Morgan fingerprint density at radius 2 is 0.846 bits per heavy atom. The molecule has 0 rings (SSSR count). The molecular weight excluding hydrogens is 830 g/mol. The fourth-order valence-electron chi connectivity index (χ4n) is 7.61. The van der Waals surface area contributed by atoms with Crippen LogP contribution in [0.1, 0.15) is 245 Å². The van der Waals surface area contributed by atoms with Crippen molar-refractivity contribution in [2.45, 2.75) is 251 Å². The van der Waals surface area contributed by atoms with Crippen molar-refractivity contribution in [1.29, 1.82) is 0 Å². The van der Waals surface area contributed by atoms with Crippen LogP contribution in [-0.2, 0) is 27.9 Å². The Labute approximate surface area is 403 Å². The fraction of sp³-hybridized carbons (Fsp3) is 0.839. The van der Waals surface area contributed by atoms with E-state index in [1.165, 1.54) is 173 Å². The second-order valence-corrected chi connectivity index (χ2v) is 21.1. The first-order valence-electron chi connectivity index (χ1n) is 27.4.